The molecule has 0 saturated carbocycles. The molecule has 178 valence electrons. The normalized spacial score (nSPS) is 10.9. The summed E-state index contributed by atoms with van der Waals surface area (Å²) < 4.78 is 1.53. The van der Waals surface area contributed by atoms with Crippen LogP contribution in [0.15, 0.2) is 89.9 Å². The Kier molecular flexibility index (Phi) is 7.11. The number of amides is 1. The lowest BCUT2D eigenvalue weighted by Crippen LogP contribution is -2.34. The fourth-order valence-electron chi connectivity index (χ4n) is 4.06. The molecule has 6 nitrogen and oxygen atoms in total. The van der Waals surface area contributed by atoms with Gasteiger partial charge in [0.2, 0.25) is 0 Å². The minimum atomic E-state index is -0.216. The molecule has 1 aromatic heterocycles. The number of nitrogens with zero attached hydrogens (tertiary/aromatic N) is 3. The van der Waals surface area contributed by atoms with Crippen molar-refractivity contribution < 1.29 is 4.79 Å². The van der Waals surface area contributed by atoms with E-state index in [1.165, 1.54) is 4.57 Å². The summed E-state index contributed by atoms with van der Waals surface area (Å²) in [6, 6.07) is 24.7. The van der Waals surface area contributed by atoms with E-state index in [9.17, 15) is 9.59 Å². The molecule has 6 heteroatoms. The zero-order valence-electron chi connectivity index (χ0n) is 20.5. The van der Waals surface area contributed by atoms with Gasteiger partial charge in [-0.15, -0.1) is 0 Å². The zero-order valence-corrected chi connectivity index (χ0v) is 20.5. The summed E-state index contributed by atoms with van der Waals surface area (Å²) in [6.45, 7) is 6.77. The van der Waals surface area contributed by atoms with Crippen molar-refractivity contribution in [2.75, 3.05) is 16.8 Å². The van der Waals surface area contributed by atoms with E-state index in [0.717, 1.165) is 22.5 Å². The Labute approximate surface area is 205 Å². The highest BCUT2D eigenvalue weighted by molar-refractivity contribution is 6.06. The van der Waals surface area contributed by atoms with Crippen molar-refractivity contribution in [3.8, 4) is 11.3 Å². The minimum absolute atomic E-state index is 0.0422. The number of nitrogens with one attached hydrogen (secondary N) is 1. The number of carbonyl (C=O) groups excluding carboxylic acids is 1. The number of para-hydroxylation sites is 1. The van der Waals surface area contributed by atoms with Gasteiger partial charge < -0.3 is 14.8 Å². The average Bonchev–Trinajstić information content (AvgIpc) is 2.86. The highest BCUT2D eigenvalue weighted by Crippen LogP contribution is 2.31. The molecule has 0 unspecified atom stereocenters. The predicted molar refractivity (Wildman–Crippen MR) is 142 cm³/mol. The minimum Gasteiger partial charge on any atom is -0.336 e. The highest BCUT2D eigenvalue weighted by Gasteiger charge is 2.22. The van der Waals surface area contributed by atoms with Crippen LogP contribution in [0.25, 0.3) is 11.3 Å². The molecule has 4 rings (SSSR count). The molecule has 35 heavy (non-hydrogen) atoms. The van der Waals surface area contributed by atoms with Gasteiger partial charge in [0.1, 0.15) is 0 Å². The molecule has 1 N–H and O–H groups in total. The third-order valence-electron chi connectivity index (χ3n) is 5.79. The van der Waals surface area contributed by atoms with Crippen molar-refractivity contribution in [3.63, 3.8) is 0 Å². The molecule has 1 amide bonds. The third-order valence-corrected chi connectivity index (χ3v) is 5.79. The maximum Gasteiger partial charge on any atom is 0.293 e. The Morgan fingerprint density at radius 2 is 1.63 bits per heavy atom. The Morgan fingerprint density at radius 3 is 2.29 bits per heavy atom. The highest BCUT2D eigenvalue weighted by atomic mass is 16.2. The van der Waals surface area contributed by atoms with E-state index in [-0.39, 0.29) is 23.2 Å². The quantitative estimate of drug-likeness (QED) is 0.374. The predicted octanol–water partition coefficient (Wildman–Crippen LogP) is 5.80. The van der Waals surface area contributed by atoms with Gasteiger partial charge in [-0.2, -0.15) is 0 Å². The molecule has 0 bridgehead atoms. The molecule has 0 aliphatic carbocycles. The van der Waals surface area contributed by atoms with Gasteiger partial charge in [0.25, 0.3) is 11.5 Å². The molecule has 0 fully saturated rings. The molecule has 1 heterocycles. The summed E-state index contributed by atoms with van der Waals surface area (Å²) in [4.78, 5) is 32.8. The zero-order chi connectivity index (χ0) is 24.9. The van der Waals surface area contributed by atoms with Crippen molar-refractivity contribution >= 4 is 23.1 Å². The number of benzene rings is 3. The maximum atomic E-state index is 13.5. The first-order chi connectivity index (χ1) is 16.8. The molecule has 0 radical (unpaired) electrons. The Hall–Kier alpha value is -4.19. The number of anilines is 3. The van der Waals surface area contributed by atoms with E-state index in [1.54, 1.807) is 13.2 Å². The van der Waals surface area contributed by atoms with E-state index in [4.69, 9.17) is 0 Å². The number of hydrogen-bond donors (Lipinski definition) is 1. The lowest BCUT2D eigenvalue weighted by atomic mass is 10.0. The Balaban J connectivity index is 1.78. The van der Waals surface area contributed by atoms with E-state index in [0.29, 0.717) is 17.8 Å². The van der Waals surface area contributed by atoms with Gasteiger partial charge in [-0.1, -0.05) is 62.4 Å². The van der Waals surface area contributed by atoms with Crippen LogP contribution in [0.2, 0.25) is 0 Å². The molecular formula is C29H30N4O2. The van der Waals surface area contributed by atoms with Gasteiger partial charge in [0, 0.05) is 42.3 Å². The summed E-state index contributed by atoms with van der Waals surface area (Å²) in [6.07, 6.45) is 1.73. The lowest BCUT2D eigenvalue weighted by Gasteiger charge is -2.27. The SMILES string of the molecule is Cc1c(-c2cn(C)c(=O)c(Nc3ccccc3)n2)cccc1N(CC(C)C)C(=O)c1ccccc1. The van der Waals surface area contributed by atoms with Crippen LogP contribution >= 0.6 is 0 Å². The Bertz CT molecular complexity index is 1380. The number of aromatic nitrogens is 2. The molecule has 0 saturated heterocycles. The molecule has 3 aromatic carbocycles. The molecule has 0 atom stereocenters. The van der Waals surface area contributed by atoms with Gasteiger partial charge in [0.05, 0.1) is 5.69 Å². The van der Waals surface area contributed by atoms with Crippen molar-refractivity contribution in [3.05, 3.63) is 107 Å². The molecule has 0 aliphatic heterocycles. The fraction of sp³-hybridized carbons (Fsp3) is 0.207. The number of hydrogen-bond acceptors (Lipinski definition) is 4. The first kappa shape index (κ1) is 24.0. The maximum absolute atomic E-state index is 13.5. The third kappa shape index (κ3) is 5.32. The van der Waals surface area contributed by atoms with Crippen LogP contribution in [0.1, 0.15) is 29.8 Å². The van der Waals surface area contributed by atoms with Crippen molar-refractivity contribution in [1.29, 1.82) is 0 Å². The topological polar surface area (TPSA) is 67.2 Å². The Morgan fingerprint density at radius 1 is 0.971 bits per heavy atom. The van der Waals surface area contributed by atoms with Crippen LogP contribution in [0.4, 0.5) is 17.2 Å². The van der Waals surface area contributed by atoms with E-state index >= 15 is 0 Å². The molecular weight excluding hydrogens is 436 g/mol. The van der Waals surface area contributed by atoms with Gasteiger partial charge in [-0.05, 0) is 48.7 Å². The van der Waals surface area contributed by atoms with Crippen LogP contribution in [0, 0.1) is 12.8 Å². The molecule has 4 aromatic rings. The lowest BCUT2D eigenvalue weighted by molar-refractivity contribution is 0.0983. The summed E-state index contributed by atoms with van der Waals surface area (Å²) >= 11 is 0. The first-order valence-corrected chi connectivity index (χ1v) is 11.7. The summed E-state index contributed by atoms with van der Waals surface area (Å²) in [5.74, 6) is 0.489. The van der Waals surface area contributed by atoms with Gasteiger partial charge >= 0.3 is 0 Å². The smallest absolute Gasteiger partial charge is 0.293 e. The van der Waals surface area contributed by atoms with Gasteiger partial charge in [-0.25, -0.2) is 4.98 Å². The van der Waals surface area contributed by atoms with Gasteiger partial charge in [0.15, 0.2) is 5.82 Å². The number of aryl methyl sites for hydroxylation is 1. The second kappa shape index (κ2) is 10.4. The molecule has 0 spiro atoms. The van der Waals surface area contributed by atoms with E-state index in [1.807, 2.05) is 90.7 Å². The number of rotatable bonds is 7. The first-order valence-electron chi connectivity index (χ1n) is 11.7. The summed E-state index contributed by atoms with van der Waals surface area (Å²) in [7, 11) is 1.72. The summed E-state index contributed by atoms with van der Waals surface area (Å²) in [5.41, 5.74) is 4.49. The summed E-state index contributed by atoms with van der Waals surface area (Å²) in [5, 5.41) is 3.14. The van der Waals surface area contributed by atoms with E-state index in [2.05, 4.69) is 24.1 Å². The van der Waals surface area contributed by atoms with Gasteiger partial charge in [-0.3, -0.25) is 9.59 Å². The van der Waals surface area contributed by atoms with Crippen molar-refractivity contribution in [2.45, 2.75) is 20.8 Å². The van der Waals surface area contributed by atoms with Crippen LogP contribution < -0.4 is 15.8 Å². The second-order valence-electron chi connectivity index (χ2n) is 9.01. The number of carbonyl (C=O) groups is 1. The van der Waals surface area contributed by atoms with Crippen LogP contribution in [0.5, 0.6) is 0 Å². The molecule has 0 aliphatic rings. The largest absolute Gasteiger partial charge is 0.336 e. The fourth-order valence-corrected chi connectivity index (χ4v) is 4.06. The standard InChI is InChI=1S/C29H30N4O2/c1-20(2)18-33(28(34)22-12-7-5-8-13-22)26-17-11-16-24(21(26)3)25-19-32(4)29(35)27(31-25)30-23-14-9-6-10-15-23/h5-17,19-20H,18H2,1-4H3,(H,30,31). The van der Waals surface area contributed by atoms with Crippen LogP contribution in [-0.2, 0) is 7.05 Å². The van der Waals surface area contributed by atoms with E-state index < -0.39 is 0 Å². The monoisotopic (exact) mass is 466 g/mol. The second-order valence-corrected chi connectivity index (χ2v) is 9.01. The van der Waals surface area contributed by atoms with Crippen molar-refractivity contribution in [1.82, 2.24) is 9.55 Å². The van der Waals surface area contributed by atoms with Crippen LogP contribution in [-0.4, -0.2) is 22.0 Å². The van der Waals surface area contributed by atoms with Crippen molar-refractivity contribution in [2.24, 2.45) is 13.0 Å². The average molecular weight is 467 g/mol. The van der Waals surface area contributed by atoms with Crippen LogP contribution in [0.3, 0.4) is 0 Å².